The van der Waals surface area contributed by atoms with Crippen molar-refractivity contribution in [3.8, 4) is 6.07 Å². The van der Waals surface area contributed by atoms with Gasteiger partial charge < -0.3 is 10.2 Å². The van der Waals surface area contributed by atoms with Crippen LogP contribution in [0.15, 0.2) is 50.9 Å². The molecule has 3 rings (SSSR count). The van der Waals surface area contributed by atoms with Crippen LogP contribution in [0.3, 0.4) is 0 Å². The number of nitrogens with two attached hydrogens (primary N) is 1. The number of nitriles is 1. The van der Waals surface area contributed by atoms with E-state index in [1.807, 2.05) is 0 Å². The van der Waals surface area contributed by atoms with E-state index in [2.05, 4.69) is 11.1 Å². The average Bonchev–Trinajstić information content (AvgIpc) is 2.80. The summed E-state index contributed by atoms with van der Waals surface area (Å²) < 4.78 is 5.61. The van der Waals surface area contributed by atoms with Crippen molar-refractivity contribution in [2.24, 2.45) is 0 Å². The molecule has 2 aromatic carbocycles. The first-order valence-corrected chi connectivity index (χ1v) is 6.89. The maximum absolute atomic E-state index is 9.09. The Balaban J connectivity index is 2.01. The predicted octanol–water partition coefficient (Wildman–Crippen LogP) is 4.09. The quantitative estimate of drug-likeness (QED) is 0.722. The van der Waals surface area contributed by atoms with Crippen molar-refractivity contribution in [1.29, 1.82) is 5.26 Å². The molecule has 98 valence electrons. The predicted molar refractivity (Wildman–Crippen MR) is 78.7 cm³/mol. The van der Waals surface area contributed by atoms with Gasteiger partial charge in [-0.05, 0) is 42.1 Å². The fourth-order valence-electron chi connectivity index (χ4n) is 1.73. The number of nitrogens with zero attached hydrogens (tertiary/aromatic N) is 2. The summed E-state index contributed by atoms with van der Waals surface area (Å²) in [4.78, 5) is 5.05. The Hall–Kier alpha value is -2.16. The van der Waals surface area contributed by atoms with E-state index in [0.717, 1.165) is 5.52 Å². The van der Waals surface area contributed by atoms with Crippen molar-refractivity contribution < 1.29 is 4.42 Å². The summed E-state index contributed by atoms with van der Waals surface area (Å²) in [6, 6.07) is 12.5. The maximum Gasteiger partial charge on any atom is 0.261 e. The third-order valence-electron chi connectivity index (χ3n) is 2.65. The molecule has 0 amide bonds. The fourth-order valence-corrected chi connectivity index (χ4v) is 2.84. The van der Waals surface area contributed by atoms with Gasteiger partial charge in [0.05, 0.1) is 5.56 Å². The molecule has 0 saturated heterocycles. The lowest BCUT2D eigenvalue weighted by Crippen LogP contribution is -1.81. The summed E-state index contributed by atoms with van der Waals surface area (Å²) in [5.74, 6) is 0. The topological polar surface area (TPSA) is 75.8 Å². The number of anilines is 1. The van der Waals surface area contributed by atoms with Crippen molar-refractivity contribution in [2.75, 3.05) is 5.73 Å². The van der Waals surface area contributed by atoms with Crippen LogP contribution >= 0.6 is 23.4 Å². The first-order chi connectivity index (χ1) is 9.65. The van der Waals surface area contributed by atoms with E-state index in [1.54, 1.807) is 36.4 Å². The van der Waals surface area contributed by atoms with Gasteiger partial charge in [-0.3, -0.25) is 0 Å². The number of fused-ring (bicyclic) bond motifs is 1. The van der Waals surface area contributed by atoms with Crippen LogP contribution in [0.5, 0.6) is 0 Å². The number of benzene rings is 2. The smallest absolute Gasteiger partial charge is 0.261 e. The molecule has 1 aromatic heterocycles. The van der Waals surface area contributed by atoms with Crippen molar-refractivity contribution in [1.82, 2.24) is 4.98 Å². The number of rotatable bonds is 2. The number of hydrogen-bond acceptors (Lipinski definition) is 5. The maximum atomic E-state index is 9.09. The zero-order chi connectivity index (χ0) is 14.1. The molecule has 6 heteroatoms. The minimum atomic E-state index is 0.448. The fraction of sp³-hybridized carbons (Fsp3) is 0. The van der Waals surface area contributed by atoms with Crippen molar-refractivity contribution in [2.45, 2.75) is 10.1 Å². The molecule has 2 N–H and O–H groups in total. The van der Waals surface area contributed by atoms with Gasteiger partial charge in [0.15, 0.2) is 5.58 Å². The summed E-state index contributed by atoms with van der Waals surface area (Å²) in [5, 5.41) is 10.1. The summed E-state index contributed by atoms with van der Waals surface area (Å²) in [5.41, 5.74) is 8.18. The number of oxazole rings is 1. The Morgan fingerprint density at radius 1 is 1.25 bits per heavy atom. The van der Waals surface area contributed by atoms with Crippen LogP contribution in [0, 0.1) is 11.3 Å². The molecule has 1 heterocycles. The first kappa shape index (κ1) is 12.9. The SMILES string of the molecule is N#Cc1ccc(Cl)cc1Sc1nc2ccc(N)cc2o1. The van der Waals surface area contributed by atoms with Gasteiger partial charge in [-0.1, -0.05) is 11.6 Å². The zero-order valence-corrected chi connectivity index (χ0v) is 11.7. The van der Waals surface area contributed by atoms with E-state index in [1.165, 1.54) is 11.8 Å². The van der Waals surface area contributed by atoms with Crippen LogP contribution in [0.2, 0.25) is 5.02 Å². The molecular weight excluding hydrogens is 294 g/mol. The van der Waals surface area contributed by atoms with Crippen molar-refractivity contribution in [3.05, 3.63) is 47.0 Å². The Kier molecular flexibility index (Phi) is 3.26. The van der Waals surface area contributed by atoms with Gasteiger partial charge in [-0.15, -0.1) is 0 Å². The van der Waals surface area contributed by atoms with Gasteiger partial charge in [0, 0.05) is 21.7 Å². The molecule has 20 heavy (non-hydrogen) atoms. The molecule has 0 bridgehead atoms. The van der Waals surface area contributed by atoms with E-state index in [-0.39, 0.29) is 0 Å². The van der Waals surface area contributed by atoms with Crippen LogP contribution in [0.1, 0.15) is 5.56 Å². The Labute approximate surface area is 124 Å². The molecule has 3 aromatic rings. The third-order valence-corrected chi connectivity index (χ3v) is 3.80. The van der Waals surface area contributed by atoms with Crippen LogP contribution in [0.4, 0.5) is 5.69 Å². The number of halogens is 1. The highest BCUT2D eigenvalue weighted by Crippen LogP contribution is 2.33. The number of hydrogen-bond donors (Lipinski definition) is 1. The molecule has 0 aliphatic rings. The first-order valence-electron chi connectivity index (χ1n) is 5.69. The van der Waals surface area contributed by atoms with E-state index in [9.17, 15) is 0 Å². The lowest BCUT2D eigenvalue weighted by Gasteiger charge is -2.00. The number of nitrogen functional groups attached to an aromatic ring is 1. The molecule has 0 unspecified atom stereocenters. The molecule has 4 nitrogen and oxygen atoms in total. The Bertz CT molecular complexity index is 838. The largest absolute Gasteiger partial charge is 0.431 e. The second kappa shape index (κ2) is 5.08. The van der Waals surface area contributed by atoms with Crippen molar-refractivity contribution >= 4 is 40.1 Å². The Morgan fingerprint density at radius 3 is 2.90 bits per heavy atom. The molecule has 0 atom stereocenters. The molecule has 0 saturated carbocycles. The second-order valence-electron chi connectivity index (χ2n) is 4.06. The average molecular weight is 302 g/mol. The van der Waals surface area contributed by atoms with Crippen LogP contribution < -0.4 is 5.73 Å². The van der Waals surface area contributed by atoms with Gasteiger partial charge in [-0.25, -0.2) is 4.98 Å². The molecular formula is C14H8ClN3OS. The van der Waals surface area contributed by atoms with Gasteiger partial charge in [0.1, 0.15) is 11.6 Å². The summed E-state index contributed by atoms with van der Waals surface area (Å²) in [7, 11) is 0. The van der Waals surface area contributed by atoms with E-state index < -0.39 is 0 Å². The van der Waals surface area contributed by atoms with E-state index in [0.29, 0.717) is 32.0 Å². The van der Waals surface area contributed by atoms with Gasteiger partial charge in [-0.2, -0.15) is 5.26 Å². The van der Waals surface area contributed by atoms with E-state index >= 15 is 0 Å². The zero-order valence-electron chi connectivity index (χ0n) is 10.1. The normalized spacial score (nSPS) is 10.6. The molecule has 0 radical (unpaired) electrons. The third kappa shape index (κ3) is 2.44. The van der Waals surface area contributed by atoms with E-state index in [4.69, 9.17) is 27.0 Å². The van der Waals surface area contributed by atoms with Gasteiger partial charge >= 0.3 is 0 Å². The highest BCUT2D eigenvalue weighted by molar-refractivity contribution is 7.99. The summed E-state index contributed by atoms with van der Waals surface area (Å²) >= 11 is 7.21. The molecule has 0 spiro atoms. The minimum absolute atomic E-state index is 0.448. The highest BCUT2D eigenvalue weighted by atomic mass is 35.5. The number of aromatic nitrogens is 1. The Morgan fingerprint density at radius 2 is 2.10 bits per heavy atom. The van der Waals surface area contributed by atoms with Crippen LogP contribution in [-0.4, -0.2) is 4.98 Å². The summed E-state index contributed by atoms with van der Waals surface area (Å²) in [6.07, 6.45) is 0. The second-order valence-corrected chi connectivity index (χ2v) is 5.49. The van der Waals surface area contributed by atoms with Crippen LogP contribution in [-0.2, 0) is 0 Å². The van der Waals surface area contributed by atoms with Gasteiger partial charge in [0.2, 0.25) is 0 Å². The minimum Gasteiger partial charge on any atom is -0.431 e. The monoisotopic (exact) mass is 301 g/mol. The molecule has 0 aliphatic heterocycles. The standard InChI is InChI=1S/C14H8ClN3OS/c15-9-2-1-8(7-16)13(5-9)20-14-18-11-4-3-10(17)6-12(11)19-14/h1-6H,17H2. The molecule has 0 fully saturated rings. The lowest BCUT2D eigenvalue weighted by molar-refractivity contribution is 0.489. The van der Waals surface area contributed by atoms with Crippen molar-refractivity contribution in [3.63, 3.8) is 0 Å². The molecule has 0 aliphatic carbocycles. The highest BCUT2D eigenvalue weighted by Gasteiger charge is 2.11. The van der Waals surface area contributed by atoms with Gasteiger partial charge in [0.25, 0.3) is 5.22 Å². The summed E-state index contributed by atoms with van der Waals surface area (Å²) in [6.45, 7) is 0. The lowest BCUT2D eigenvalue weighted by atomic mass is 10.2. The van der Waals surface area contributed by atoms with Crippen LogP contribution in [0.25, 0.3) is 11.1 Å².